The Kier molecular flexibility index (Phi) is 1.79. The predicted octanol–water partition coefficient (Wildman–Crippen LogP) is 1.66. The van der Waals surface area contributed by atoms with Crippen LogP contribution in [-0.4, -0.2) is 13.2 Å². The van der Waals surface area contributed by atoms with Gasteiger partial charge in [-0.2, -0.15) is 0 Å². The lowest BCUT2D eigenvalue weighted by atomic mass is 10.1. The summed E-state index contributed by atoms with van der Waals surface area (Å²) >= 11 is 0. The Morgan fingerprint density at radius 1 is 1.23 bits per heavy atom. The van der Waals surface area contributed by atoms with Crippen LogP contribution in [0, 0.1) is 13.8 Å². The molecule has 1 aliphatic heterocycles. The third-order valence-electron chi connectivity index (χ3n) is 2.40. The molecule has 0 aliphatic carbocycles. The molecule has 1 aliphatic rings. The highest BCUT2D eigenvalue weighted by Gasteiger charge is 2.17. The molecule has 1 aromatic rings. The maximum Gasteiger partial charge on any atom is 0.184 e. The second kappa shape index (κ2) is 2.83. The highest BCUT2D eigenvalue weighted by Crippen LogP contribution is 2.39. The first-order valence-corrected chi connectivity index (χ1v) is 4.35. The Bertz CT molecular complexity index is 347. The molecule has 3 nitrogen and oxygen atoms in total. The number of ether oxygens (including phenoxy) is 2. The van der Waals surface area contributed by atoms with Crippen LogP contribution in [0.5, 0.6) is 11.5 Å². The molecule has 2 rings (SSSR count). The molecular formula is C10H13NO2. The summed E-state index contributed by atoms with van der Waals surface area (Å²) in [6.07, 6.45) is 0. The van der Waals surface area contributed by atoms with Crippen molar-refractivity contribution in [2.75, 3.05) is 18.9 Å². The Labute approximate surface area is 77.5 Å². The van der Waals surface area contributed by atoms with E-state index in [1.54, 1.807) is 0 Å². The van der Waals surface area contributed by atoms with Gasteiger partial charge in [0.25, 0.3) is 0 Å². The van der Waals surface area contributed by atoms with Crippen LogP contribution >= 0.6 is 0 Å². The van der Waals surface area contributed by atoms with Crippen LogP contribution in [0.25, 0.3) is 0 Å². The van der Waals surface area contributed by atoms with Gasteiger partial charge in [-0.1, -0.05) is 0 Å². The van der Waals surface area contributed by atoms with Crippen molar-refractivity contribution in [3.05, 3.63) is 17.2 Å². The summed E-state index contributed by atoms with van der Waals surface area (Å²) in [5.74, 6) is 1.47. The molecule has 1 aromatic carbocycles. The van der Waals surface area contributed by atoms with E-state index in [2.05, 4.69) is 0 Å². The van der Waals surface area contributed by atoms with Crippen molar-refractivity contribution in [3.8, 4) is 11.5 Å². The summed E-state index contributed by atoms with van der Waals surface area (Å²) in [4.78, 5) is 0. The van der Waals surface area contributed by atoms with Crippen molar-refractivity contribution in [2.45, 2.75) is 13.8 Å². The van der Waals surface area contributed by atoms with Gasteiger partial charge in [-0.15, -0.1) is 0 Å². The summed E-state index contributed by atoms with van der Waals surface area (Å²) in [5, 5.41) is 0. The second-order valence-electron chi connectivity index (χ2n) is 3.26. The maximum absolute atomic E-state index is 5.90. The molecule has 0 spiro atoms. The van der Waals surface area contributed by atoms with Crippen LogP contribution in [0.4, 0.5) is 5.69 Å². The van der Waals surface area contributed by atoms with Crippen molar-refractivity contribution in [2.24, 2.45) is 0 Å². The number of hydrogen-bond acceptors (Lipinski definition) is 3. The lowest BCUT2D eigenvalue weighted by molar-refractivity contribution is 0.172. The molecule has 13 heavy (non-hydrogen) atoms. The van der Waals surface area contributed by atoms with Crippen LogP contribution in [-0.2, 0) is 0 Å². The molecule has 2 N–H and O–H groups in total. The van der Waals surface area contributed by atoms with Crippen molar-refractivity contribution in [1.29, 1.82) is 0 Å². The van der Waals surface area contributed by atoms with Gasteiger partial charge in [0, 0.05) is 0 Å². The van der Waals surface area contributed by atoms with Gasteiger partial charge in [0.2, 0.25) is 0 Å². The highest BCUT2D eigenvalue weighted by molar-refractivity contribution is 5.67. The first kappa shape index (κ1) is 8.23. The highest BCUT2D eigenvalue weighted by atomic mass is 16.6. The van der Waals surface area contributed by atoms with E-state index in [0.717, 1.165) is 16.9 Å². The zero-order valence-electron chi connectivity index (χ0n) is 7.89. The van der Waals surface area contributed by atoms with Gasteiger partial charge >= 0.3 is 0 Å². The average Bonchev–Trinajstić information content (AvgIpc) is 2.15. The number of benzene rings is 1. The Morgan fingerprint density at radius 3 is 2.69 bits per heavy atom. The fourth-order valence-corrected chi connectivity index (χ4v) is 1.44. The Balaban J connectivity index is 2.60. The SMILES string of the molecule is Cc1cc2c(c(N)c1C)OCCO2. The summed E-state index contributed by atoms with van der Waals surface area (Å²) in [5.41, 5.74) is 8.82. The van der Waals surface area contributed by atoms with Gasteiger partial charge in [0.15, 0.2) is 11.5 Å². The summed E-state index contributed by atoms with van der Waals surface area (Å²) in [6, 6.07) is 1.97. The van der Waals surface area contributed by atoms with Gasteiger partial charge in [0.05, 0.1) is 5.69 Å². The van der Waals surface area contributed by atoms with Crippen molar-refractivity contribution in [1.82, 2.24) is 0 Å². The van der Waals surface area contributed by atoms with Crippen molar-refractivity contribution in [3.63, 3.8) is 0 Å². The molecule has 0 radical (unpaired) electrons. The number of fused-ring (bicyclic) bond motifs is 1. The minimum atomic E-state index is 0.583. The van der Waals surface area contributed by atoms with Crippen LogP contribution in [0.3, 0.4) is 0 Å². The minimum absolute atomic E-state index is 0.583. The summed E-state index contributed by atoms with van der Waals surface area (Å²) in [7, 11) is 0. The van der Waals surface area contributed by atoms with Crippen LogP contribution < -0.4 is 15.2 Å². The fourth-order valence-electron chi connectivity index (χ4n) is 1.44. The van der Waals surface area contributed by atoms with E-state index < -0.39 is 0 Å². The first-order valence-electron chi connectivity index (χ1n) is 4.35. The summed E-state index contributed by atoms with van der Waals surface area (Å²) < 4.78 is 10.9. The van der Waals surface area contributed by atoms with Gasteiger partial charge in [-0.25, -0.2) is 0 Å². The van der Waals surface area contributed by atoms with Crippen LogP contribution in [0.2, 0.25) is 0 Å². The van der Waals surface area contributed by atoms with Gasteiger partial charge in [0.1, 0.15) is 13.2 Å². The van der Waals surface area contributed by atoms with E-state index in [9.17, 15) is 0 Å². The quantitative estimate of drug-likeness (QED) is 0.616. The fraction of sp³-hybridized carbons (Fsp3) is 0.400. The van der Waals surface area contributed by atoms with E-state index in [1.165, 1.54) is 0 Å². The van der Waals surface area contributed by atoms with Crippen LogP contribution in [0.15, 0.2) is 6.07 Å². The largest absolute Gasteiger partial charge is 0.486 e. The van der Waals surface area contributed by atoms with E-state index in [-0.39, 0.29) is 0 Å². The number of aryl methyl sites for hydroxylation is 1. The zero-order valence-corrected chi connectivity index (χ0v) is 7.89. The molecule has 0 saturated carbocycles. The second-order valence-corrected chi connectivity index (χ2v) is 3.26. The topological polar surface area (TPSA) is 44.5 Å². The molecule has 1 heterocycles. The average molecular weight is 179 g/mol. The molecular weight excluding hydrogens is 166 g/mol. The maximum atomic E-state index is 5.90. The van der Waals surface area contributed by atoms with Crippen molar-refractivity contribution < 1.29 is 9.47 Å². The molecule has 0 amide bonds. The number of hydrogen-bond donors (Lipinski definition) is 1. The number of nitrogen functional groups attached to an aromatic ring is 1. The third-order valence-corrected chi connectivity index (χ3v) is 2.40. The van der Waals surface area contributed by atoms with Gasteiger partial charge < -0.3 is 15.2 Å². The normalized spacial score (nSPS) is 14.3. The molecule has 70 valence electrons. The summed E-state index contributed by atoms with van der Waals surface area (Å²) in [6.45, 7) is 5.20. The number of rotatable bonds is 0. The standard InChI is InChI=1S/C10H13NO2/c1-6-5-8-10(9(11)7(6)2)13-4-3-12-8/h5H,3-4,11H2,1-2H3. The lowest BCUT2D eigenvalue weighted by Gasteiger charge is -2.21. The molecule has 0 fully saturated rings. The van der Waals surface area contributed by atoms with E-state index in [4.69, 9.17) is 15.2 Å². The number of anilines is 1. The Hall–Kier alpha value is -1.38. The minimum Gasteiger partial charge on any atom is -0.486 e. The van der Waals surface area contributed by atoms with Gasteiger partial charge in [-0.05, 0) is 31.0 Å². The third kappa shape index (κ3) is 1.20. The zero-order chi connectivity index (χ0) is 9.42. The smallest absolute Gasteiger partial charge is 0.184 e. The first-order chi connectivity index (χ1) is 6.20. The van der Waals surface area contributed by atoms with Crippen molar-refractivity contribution >= 4 is 5.69 Å². The molecule has 0 bridgehead atoms. The molecule has 0 unspecified atom stereocenters. The van der Waals surface area contributed by atoms with Crippen LogP contribution in [0.1, 0.15) is 11.1 Å². The molecule has 0 atom stereocenters. The number of nitrogens with two attached hydrogens (primary N) is 1. The molecule has 3 heteroatoms. The molecule has 0 saturated heterocycles. The molecule has 0 aromatic heterocycles. The lowest BCUT2D eigenvalue weighted by Crippen LogP contribution is -2.17. The monoisotopic (exact) mass is 179 g/mol. The van der Waals surface area contributed by atoms with Gasteiger partial charge in [-0.3, -0.25) is 0 Å². The van der Waals surface area contributed by atoms with E-state index >= 15 is 0 Å². The predicted molar refractivity (Wildman–Crippen MR) is 51.3 cm³/mol. The van der Waals surface area contributed by atoms with E-state index in [1.807, 2.05) is 19.9 Å². The van der Waals surface area contributed by atoms with E-state index in [0.29, 0.717) is 24.7 Å². The Morgan fingerprint density at radius 2 is 1.92 bits per heavy atom.